The van der Waals surface area contributed by atoms with Crippen LogP contribution in [-0.4, -0.2) is 30.9 Å². The van der Waals surface area contributed by atoms with Crippen LogP contribution < -0.4 is 5.32 Å². The summed E-state index contributed by atoms with van der Waals surface area (Å²) in [4.78, 5) is 12.4. The molecule has 0 heterocycles. The number of carbonyl (C=O) groups is 1. The number of methoxy groups -OCH3 is 1. The number of carbonyl (C=O) groups excluding carboxylic acids is 1. The van der Waals surface area contributed by atoms with Crippen molar-refractivity contribution >= 4 is 6.09 Å². The summed E-state index contributed by atoms with van der Waals surface area (Å²) >= 11 is 0. The zero-order valence-electron chi connectivity index (χ0n) is 15.8. The molecule has 134 valence electrons. The number of amides is 1. The van der Waals surface area contributed by atoms with Gasteiger partial charge in [0.2, 0.25) is 0 Å². The molecule has 1 aliphatic rings. The Kier molecular flexibility index (Phi) is 5.59. The summed E-state index contributed by atoms with van der Waals surface area (Å²) in [5, 5.41) is 3.12. The van der Waals surface area contributed by atoms with Crippen LogP contribution in [0, 0.1) is 0 Å². The predicted molar refractivity (Wildman–Crippen MR) is 96.4 cm³/mol. The normalized spacial score (nSPS) is 22.6. The lowest BCUT2D eigenvalue weighted by atomic mass is 9.62. The van der Waals surface area contributed by atoms with Gasteiger partial charge in [0.15, 0.2) is 0 Å². The minimum absolute atomic E-state index is 0.0627. The summed E-state index contributed by atoms with van der Waals surface area (Å²) in [5.74, 6) is 0. The monoisotopic (exact) mass is 333 g/mol. The molecule has 24 heavy (non-hydrogen) atoms. The van der Waals surface area contributed by atoms with Gasteiger partial charge < -0.3 is 14.8 Å². The molecule has 1 aromatic rings. The molecular weight excluding hydrogens is 302 g/mol. The molecule has 0 fully saturated rings. The second-order valence-electron chi connectivity index (χ2n) is 7.62. The number of hydrogen-bond acceptors (Lipinski definition) is 3. The molecule has 0 saturated carbocycles. The highest BCUT2D eigenvalue weighted by atomic mass is 16.6. The van der Waals surface area contributed by atoms with Crippen molar-refractivity contribution in [2.45, 2.75) is 77.0 Å². The van der Waals surface area contributed by atoms with Crippen molar-refractivity contribution in [3.05, 3.63) is 35.4 Å². The maximum Gasteiger partial charge on any atom is 0.407 e. The van der Waals surface area contributed by atoms with E-state index < -0.39 is 5.60 Å². The maximum absolute atomic E-state index is 12.4. The van der Waals surface area contributed by atoms with Crippen molar-refractivity contribution in [3.8, 4) is 0 Å². The van der Waals surface area contributed by atoms with Crippen LogP contribution in [0.1, 0.15) is 58.6 Å². The van der Waals surface area contributed by atoms with Crippen LogP contribution in [0.15, 0.2) is 24.3 Å². The first-order valence-corrected chi connectivity index (χ1v) is 8.88. The molecule has 2 rings (SSSR count). The standard InChI is InChI=1S/C20H31NO3/c1-7-20(8-2)15-12-10-9-11-14(15)13-16(23-6)17(20)21-18(22)24-19(3,4)5/h9-12,16-17H,7-8,13H2,1-6H3,(H,21,22). The number of hydrogen-bond donors (Lipinski definition) is 1. The van der Waals surface area contributed by atoms with Gasteiger partial charge in [-0.05, 0) is 44.7 Å². The largest absolute Gasteiger partial charge is 0.444 e. The van der Waals surface area contributed by atoms with Gasteiger partial charge in [0.05, 0.1) is 12.1 Å². The Hall–Kier alpha value is -1.55. The summed E-state index contributed by atoms with van der Waals surface area (Å²) in [6.45, 7) is 10.0. The van der Waals surface area contributed by atoms with E-state index in [1.807, 2.05) is 20.8 Å². The van der Waals surface area contributed by atoms with Gasteiger partial charge in [0.25, 0.3) is 0 Å². The number of alkyl carbamates (subject to hydrolysis) is 1. The van der Waals surface area contributed by atoms with Gasteiger partial charge in [-0.2, -0.15) is 0 Å². The van der Waals surface area contributed by atoms with Gasteiger partial charge in [-0.1, -0.05) is 38.1 Å². The van der Waals surface area contributed by atoms with Crippen LogP contribution >= 0.6 is 0 Å². The van der Waals surface area contributed by atoms with E-state index in [2.05, 4.69) is 43.4 Å². The first kappa shape index (κ1) is 18.8. The highest BCUT2D eigenvalue weighted by molar-refractivity contribution is 5.69. The van der Waals surface area contributed by atoms with Crippen molar-refractivity contribution in [1.82, 2.24) is 5.32 Å². The van der Waals surface area contributed by atoms with Crippen molar-refractivity contribution < 1.29 is 14.3 Å². The second-order valence-corrected chi connectivity index (χ2v) is 7.62. The Morgan fingerprint density at radius 3 is 2.42 bits per heavy atom. The molecule has 4 nitrogen and oxygen atoms in total. The van der Waals surface area contributed by atoms with E-state index in [1.54, 1.807) is 7.11 Å². The van der Waals surface area contributed by atoms with Crippen molar-refractivity contribution in [2.24, 2.45) is 0 Å². The number of rotatable bonds is 4. The summed E-state index contributed by atoms with van der Waals surface area (Å²) in [7, 11) is 1.72. The first-order chi connectivity index (χ1) is 11.3. The van der Waals surface area contributed by atoms with Crippen molar-refractivity contribution in [3.63, 3.8) is 0 Å². The summed E-state index contributed by atoms with van der Waals surface area (Å²) < 4.78 is 11.3. The van der Waals surface area contributed by atoms with Crippen LogP contribution in [0.2, 0.25) is 0 Å². The van der Waals surface area contributed by atoms with Crippen LogP contribution in [-0.2, 0) is 21.3 Å². The quantitative estimate of drug-likeness (QED) is 0.898. The van der Waals surface area contributed by atoms with Gasteiger partial charge in [-0.15, -0.1) is 0 Å². The van der Waals surface area contributed by atoms with Gasteiger partial charge in [0, 0.05) is 18.9 Å². The van der Waals surface area contributed by atoms with E-state index in [-0.39, 0.29) is 23.7 Å². The van der Waals surface area contributed by atoms with Gasteiger partial charge in [-0.25, -0.2) is 4.79 Å². The molecule has 0 aromatic heterocycles. The van der Waals surface area contributed by atoms with E-state index in [1.165, 1.54) is 11.1 Å². The van der Waals surface area contributed by atoms with E-state index >= 15 is 0 Å². The Morgan fingerprint density at radius 2 is 1.88 bits per heavy atom. The van der Waals surface area contributed by atoms with Crippen molar-refractivity contribution in [2.75, 3.05) is 7.11 Å². The highest BCUT2D eigenvalue weighted by Crippen LogP contribution is 2.43. The molecule has 0 aliphatic heterocycles. The molecule has 1 N–H and O–H groups in total. The van der Waals surface area contributed by atoms with Crippen LogP contribution in [0.25, 0.3) is 0 Å². The summed E-state index contributed by atoms with van der Waals surface area (Å²) in [5.41, 5.74) is 1.98. The lowest BCUT2D eigenvalue weighted by molar-refractivity contribution is 0.00830. The fourth-order valence-corrected chi connectivity index (χ4v) is 4.00. The topological polar surface area (TPSA) is 47.6 Å². The Bertz CT molecular complexity index is 572. The average Bonchev–Trinajstić information content (AvgIpc) is 2.53. The fraction of sp³-hybridized carbons (Fsp3) is 0.650. The Labute approximate surface area is 145 Å². The molecule has 0 bridgehead atoms. The molecule has 2 unspecified atom stereocenters. The van der Waals surface area contributed by atoms with Crippen LogP contribution in [0.3, 0.4) is 0 Å². The molecular formula is C20H31NO3. The van der Waals surface area contributed by atoms with E-state index in [0.29, 0.717) is 0 Å². The predicted octanol–water partition coefficient (Wildman–Crippen LogP) is 4.21. The third-order valence-corrected chi connectivity index (χ3v) is 5.18. The van der Waals surface area contributed by atoms with Gasteiger partial charge >= 0.3 is 6.09 Å². The molecule has 0 radical (unpaired) electrons. The minimum atomic E-state index is -0.514. The van der Waals surface area contributed by atoms with Crippen LogP contribution in [0.4, 0.5) is 4.79 Å². The van der Waals surface area contributed by atoms with Gasteiger partial charge in [-0.3, -0.25) is 0 Å². The molecule has 0 saturated heterocycles. The first-order valence-electron chi connectivity index (χ1n) is 8.88. The third-order valence-electron chi connectivity index (χ3n) is 5.18. The second kappa shape index (κ2) is 7.14. The number of fused-ring (bicyclic) bond motifs is 1. The number of ether oxygens (including phenoxy) is 2. The average molecular weight is 333 g/mol. The smallest absolute Gasteiger partial charge is 0.407 e. The third kappa shape index (κ3) is 3.59. The van der Waals surface area contributed by atoms with E-state index in [0.717, 1.165) is 19.3 Å². The Balaban J connectivity index is 2.41. The summed E-state index contributed by atoms with van der Waals surface area (Å²) in [6.07, 6.45) is 2.23. The van der Waals surface area contributed by atoms with E-state index in [4.69, 9.17) is 9.47 Å². The number of nitrogens with one attached hydrogen (secondary N) is 1. The fourth-order valence-electron chi connectivity index (χ4n) is 4.00. The molecule has 0 spiro atoms. The summed E-state index contributed by atoms with van der Waals surface area (Å²) in [6, 6.07) is 8.41. The lowest BCUT2D eigenvalue weighted by Crippen LogP contribution is -2.60. The zero-order chi connectivity index (χ0) is 18.0. The van der Waals surface area contributed by atoms with E-state index in [9.17, 15) is 4.79 Å². The lowest BCUT2D eigenvalue weighted by Gasteiger charge is -2.48. The zero-order valence-corrected chi connectivity index (χ0v) is 15.8. The maximum atomic E-state index is 12.4. The van der Waals surface area contributed by atoms with Crippen molar-refractivity contribution in [1.29, 1.82) is 0 Å². The molecule has 4 heteroatoms. The van der Waals surface area contributed by atoms with Gasteiger partial charge in [0.1, 0.15) is 5.60 Å². The molecule has 1 aliphatic carbocycles. The molecule has 1 amide bonds. The number of benzene rings is 1. The van der Waals surface area contributed by atoms with Crippen LogP contribution in [0.5, 0.6) is 0 Å². The highest BCUT2D eigenvalue weighted by Gasteiger charge is 2.47. The molecule has 1 aromatic carbocycles. The minimum Gasteiger partial charge on any atom is -0.444 e. The molecule has 2 atom stereocenters. The Morgan fingerprint density at radius 1 is 1.25 bits per heavy atom. The SMILES string of the molecule is CCC1(CC)c2ccccc2CC(OC)C1NC(=O)OC(C)(C)C.